The second kappa shape index (κ2) is 20.7. The van der Waals surface area contributed by atoms with Gasteiger partial charge in [-0.3, -0.25) is 0 Å². The summed E-state index contributed by atoms with van der Waals surface area (Å²) in [4.78, 5) is 4.98. The summed E-state index contributed by atoms with van der Waals surface area (Å²) < 4.78 is 14.9. The van der Waals surface area contributed by atoms with Gasteiger partial charge in [0.05, 0.1) is 17.0 Å². The van der Waals surface area contributed by atoms with Crippen molar-refractivity contribution in [1.29, 1.82) is 0 Å². The Hall–Kier alpha value is -8.22. The lowest BCUT2D eigenvalue weighted by Gasteiger charge is -2.42. The number of hydrogen-bond donors (Lipinski definition) is 1. The highest BCUT2D eigenvalue weighted by Gasteiger charge is 2.42. The molecule has 0 saturated carbocycles. The van der Waals surface area contributed by atoms with Crippen molar-refractivity contribution in [3.63, 3.8) is 0 Å². The SMILES string of the molecule is CC(C)(C)c1ccc(N(c2ccc(C(C)(C)C)cc2)c2ccc(-c3c4c(cc5c3oc3ccccc35)N(c3ccc(C(C)(C)C)cc3-c3ccccc3)c3c(oc5cc6c(cc35)C(C)(C)CCC6(C)C)[B]4)c(Nc3ccc4c(c3)C(C)(C)CCC4(C)C)c2)cc1. The second-order valence-corrected chi connectivity index (χ2v) is 32.3. The van der Waals surface area contributed by atoms with E-state index in [1.54, 1.807) is 0 Å². The van der Waals surface area contributed by atoms with Crippen molar-refractivity contribution in [3.8, 4) is 22.3 Å². The normalized spacial score (nSPS) is 16.5. The van der Waals surface area contributed by atoms with E-state index in [-0.39, 0.29) is 37.9 Å². The molecule has 2 aliphatic carbocycles. The molecule has 1 aliphatic heterocycles. The molecule has 0 fully saturated rings. The molecule has 1 radical (unpaired) electrons. The largest absolute Gasteiger partial charge is 0.469 e. The summed E-state index contributed by atoms with van der Waals surface area (Å²) in [6.07, 6.45) is 4.49. The van der Waals surface area contributed by atoms with Crippen LogP contribution in [-0.2, 0) is 37.9 Å². The van der Waals surface area contributed by atoms with Crippen LogP contribution in [0.3, 0.4) is 0 Å². The summed E-state index contributed by atoms with van der Waals surface area (Å²) in [6, 6.07) is 66.6. The van der Waals surface area contributed by atoms with E-state index in [1.165, 1.54) is 38.9 Å². The first-order valence-corrected chi connectivity index (χ1v) is 33.0. The summed E-state index contributed by atoms with van der Waals surface area (Å²) in [5.74, 6) is 0. The van der Waals surface area contributed by atoms with Crippen LogP contribution in [0, 0.1) is 0 Å². The van der Waals surface area contributed by atoms with E-state index in [2.05, 4.69) is 316 Å². The standard InChI is InChI=1S/C84H89BN3O2/c1-78(2,3)52-27-33-56(34-28-52)87(57-35-29-53(30-36-57)79(4,5)6)58-37-38-60(68(47-58)86-55-32-39-64-65(46-55)82(12,13)42-41-81(64,10)11)73-74-70(49-62-59-25-21-22-26-71(59)89-76(62)73)88(69-40-31-54(80(7,8)9)45-61(69)51-23-19-18-20-24-51)75-63-48-66-67(50-72(63)90-77(75)85-74)84(16,17)44-43-83(66,14)15/h18-40,45-50,86H,41-44H2,1-17H3. The molecule has 0 atom stereocenters. The van der Waals surface area contributed by atoms with Gasteiger partial charge in [0.25, 0.3) is 0 Å². The van der Waals surface area contributed by atoms with Crippen LogP contribution in [0.2, 0.25) is 0 Å². The van der Waals surface area contributed by atoms with Crippen molar-refractivity contribution in [2.75, 3.05) is 15.1 Å². The van der Waals surface area contributed by atoms with E-state index < -0.39 is 0 Å². The fourth-order valence-electron chi connectivity index (χ4n) is 15.0. The predicted molar refractivity (Wildman–Crippen MR) is 385 cm³/mol. The highest BCUT2D eigenvalue weighted by atomic mass is 16.3. The average molecular weight is 1180 g/mol. The van der Waals surface area contributed by atoms with Crippen molar-refractivity contribution in [2.24, 2.45) is 0 Å². The molecule has 0 saturated heterocycles. The maximum Gasteiger partial charge on any atom is 0.247 e. The lowest BCUT2D eigenvalue weighted by molar-refractivity contribution is 0.332. The molecule has 1 N–H and O–H groups in total. The fourth-order valence-corrected chi connectivity index (χ4v) is 15.0. The molecule has 2 aromatic heterocycles. The Labute approximate surface area is 536 Å². The number of fused-ring (bicyclic) bond motifs is 9. The van der Waals surface area contributed by atoms with Crippen LogP contribution >= 0.6 is 0 Å². The van der Waals surface area contributed by atoms with Gasteiger partial charge in [-0.15, -0.1) is 0 Å². The molecule has 0 spiro atoms. The minimum absolute atomic E-state index is 0.00142. The number of nitrogens with zero attached hydrogens (tertiary/aromatic N) is 2. The third-order valence-corrected chi connectivity index (χ3v) is 20.9. The third kappa shape index (κ3) is 10.1. The molecule has 11 aromatic rings. The Bertz CT molecular complexity index is 4590. The van der Waals surface area contributed by atoms with Crippen LogP contribution in [0.1, 0.15) is 182 Å². The molecule has 5 nitrogen and oxygen atoms in total. The minimum atomic E-state index is -0.101. The second-order valence-electron chi connectivity index (χ2n) is 32.3. The average Bonchev–Trinajstić information content (AvgIpc) is 1.46. The summed E-state index contributed by atoms with van der Waals surface area (Å²) >= 11 is 0. The molecule has 14 rings (SSSR count). The third-order valence-electron chi connectivity index (χ3n) is 20.9. The topological polar surface area (TPSA) is 44.8 Å². The number of benzene rings is 9. The monoisotopic (exact) mass is 1180 g/mol. The lowest BCUT2D eigenvalue weighted by Crippen LogP contribution is -2.40. The van der Waals surface area contributed by atoms with Gasteiger partial charge in [0.15, 0.2) is 0 Å². The Morgan fingerprint density at radius 2 is 0.978 bits per heavy atom. The number of furan rings is 2. The minimum Gasteiger partial charge on any atom is -0.469 e. The first-order chi connectivity index (χ1) is 42.4. The molecule has 9 aromatic carbocycles. The maximum absolute atomic E-state index is 7.48. The molecule has 0 unspecified atom stereocenters. The Kier molecular flexibility index (Phi) is 13.6. The molecule has 0 bridgehead atoms. The van der Waals surface area contributed by atoms with Crippen molar-refractivity contribution >= 4 is 96.8 Å². The Balaban J connectivity index is 1.08. The zero-order valence-electron chi connectivity index (χ0n) is 56.4. The number of anilines is 8. The molecule has 3 heterocycles. The first kappa shape index (κ1) is 59.4. The first-order valence-electron chi connectivity index (χ1n) is 33.0. The van der Waals surface area contributed by atoms with E-state index in [9.17, 15) is 0 Å². The Morgan fingerprint density at radius 3 is 1.59 bits per heavy atom. The highest BCUT2D eigenvalue weighted by Crippen LogP contribution is 2.54. The number of rotatable bonds is 8. The van der Waals surface area contributed by atoms with Crippen LogP contribution in [0.4, 0.5) is 45.5 Å². The smallest absolute Gasteiger partial charge is 0.247 e. The number of nitrogens with one attached hydrogen (secondary N) is 1. The van der Waals surface area contributed by atoms with Crippen LogP contribution in [0.5, 0.6) is 0 Å². The van der Waals surface area contributed by atoms with Crippen LogP contribution in [-0.4, -0.2) is 7.28 Å². The van der Waals surface area contributed by atoms with Crippen LogP contribution < -0.4 is 26.2 Å². The van der Waals surface area contributed by atoms with Gasteiger partial charge in [-0.05, 0) is 198 Å². The molecule has 90 heavy (non-hydrogen) atoms. The van der Waals surface area contributed by atoms with Gasteiger partial charge in [0.2, 0.25) is 7.28 Å². The quantitative estimate of drug-likeness (QED) is 0.154. The van der Waals surface area contributed by atoms with E-state index in [0.29, 0.717) is 0 Å². The molecular weight excluding hydrogens is 1090 g/mol. The zero-order valence-corrected chi connectivity index (χ0v) is 56.4. The molecule has 6 heteroatoms. The van der Waals surface area contributed by atoms with Gasteiger partial charge < -0.3 is 24.0 Å². The summed E-state index contributed by atoms with van der Waals surface area (Å²) in [5, 5.41) is 7.44. The van der Waals surface area contributed by atoms with Gasteiger partial charge in [-0.2, -0.15) is 0 Å². The van der Waals surface area contributed by atoms with E-state index in [4.69, 9.17) is 8.83 Å². The van der Waals surface area contributed by atoms with Gasteiger partial charge >= 0.3 is 0 Å². The van der Waals surface area contributed by atoms with Gasteiger partial charge in [-0.25, -0.2) is 0 Å². The molecule has 0 amide bonds. The van der Waals surface area contributed by atoms with E-state index in [1.807, 2.05) is 0 Å². The van der Waals surface area contributed by atoms with Crippen LogP contribution in [0.25, 0.3) is 55.2 Å². The number of hydrogen-bond acceptors (Lipinski definition) is 5. The summed E-state index contributed by atoms with van der Waals surface area (Å²) in [6.45, 7) is 40.0. The van der Waals surface area contributed by atoms with E-state index >= 15 is 0 Å². The Morgan fingerprint density at radius 1 is 0.433 bits per heavy atom. The maximum atomic E-state index is 7.48. The van der Waals surface area contributed by atoms with Crippen LogP contribution in [0.15, 0.2) is 185 Å². The highest BCUT2D eigenvalue weighted by molar-refractivity contribution is 6.73. The van der Waals surface area contributed by atoms with Crippen molar-refractivity contribution in [1.82, 2.24) is 0 Å². The molecule has 455 valence electrons. The van der Waals surface area contributed by atoms with Gasteiger partial charge in [0, 0.05) is 67.0 Å². The fraction of sp³-hybridized carbons (Fsp3) is 0.333. The summed E-state index contributed by atoms with van der Waals surface area (Å²) in [5.41, 5.74) is 26.5. The van der Waals surface area contributed by atoms with Crippen molar-refractivity contribution < 1.29 is 8.83 Å². The van der Waals surface area contributed by atoms with E-state index in [0.717, 1.165) is 137 Å². The van der Waals surface area contributed by atoms with Crippen molar-refractivity contribution in [3.05, 3.63) is 215 Å². The van der Waals surface area contributed by atoms with Gasteiger partial charge in [-0.1, -0.05) is 209 Å². The van der Waals surface area contributed by atoms with Crippen molar-refractivity contribution in [2.45, 2.75) is 181 Å². The van der Waals surface area contributed by atoms with Gasteiger partial charge in [0.1, 0.15) is 16.7 Å². The lowest BCUT2D eigenvalue weighted by atomic mass is 9.60. The summed E-state index contributed by atoms with van der Waals surface area (Å²) in [7, 11) is 2.34. The molecule has 3 aliphatic rings. The molecular formula is C84H89BN3O2. The predicted octanol–water partition coefficient (Wildman–Crippen LogP) is 22.9. The zero-order chi connectivity index (χ0) is 63.4. The number of para-hydroxylation sites is 1.